The van der Waals surface area contributed by atoms with Crippen LogP contribution in [0.1, 0.15) is 26.2 Å². The first kappa shape index (κ1) is 13.5. The van der Waals surface area contributed by atoms with Crippen LogP contribution in [0.2, 0.25) is 0 Å². The number of piperidine rings is 1. The quantitative estimate of drug-likeness (QED) is 0.508. The molecule has 0 amide bonds. The lowest BCUT2D eigenvalue weighted by Crippen LogP contribution is -2.39. The highest BCUT2D eigenvalue weighted by Gasteiger charge is 2.25. The second-order valence-corrected chi connectivity index (χ2v) is 4.21. The summed E-state index contributed by atoms with van der Waals surface area (Å²) in [5, 5.41) is 0. The zero-order valence-corrected chi connectivity index (χ0v) is 10.4. The third-order valence-electron chi connectivity index (χ3n) is 3.01. The monoisotopic (exact) mass is 229 g/mol. The Morgan fingerprint density at radius 2 is 2.31 bits per heavy atom. The Labute approximate surface area is 97.9 Å². The third kappa shape index (κ3) is 4.49. The molecule has 1 aliphatic heterocycles. The van der Waals surface area contributed by atoms with Gasteiger partial charge in [-0.2, -0.15) is 0 Å². The molecule has 1 heterocycles. The number of methoxy groups -OCH3 is 1. The molecule has 0 unspecified atom stereocenters. The summed E-state index contributed by atoms with van der Waals surface area (Å²) >= 11 is 0. The molecule has 0 aromatic carbocycles. The zero-order chi connectivity index (χ0) is 11.8. The molecule has 94 valence electrons. The molecule has 1 rings (SSSR count). The average Bonchev–Trinajstić information content (AvgIpc) is 2.34. The average molecular weight is 229 g/mol. The number of hydrogen-bond donors (Lipinski definition) is 0. The van der Waals surface area contributed by atoms with Crippen molar-refractivity contribution in [3.05, 3.63) is 0 Å². The van der Waals surface area contributed by atoms with Crippen LogP contribution in [0.5, 0.6) is 0 Å². The SMILES string of the molecule is CCOCCCN1CCC[C@H](C(=O)OC)C1. The number of likely N-dealkylation sites (tertiary alicyclic amines) is 1. The maximum atomic E-state index is 11.4. The summed E-state index contributed by atoms with van der Waals surface area (Å²) in [7, 11) is 1.47. The van der Waals surface area contributed by atoms with Crippen molar-refractivity contribution in [2.45, 2.75) is 26.2 Å². The molecule has 1 saturated heterocycles. The highest BCUT2D eigenvalue weighted by Crippen LogP contribution is 2.17. The van der Waals surface area contributed by atoms with E-state index in [0.29, 0.717) is 0 Å². The molecule has 4 heteroatoms. The van der Waals surface area contributed by atoms with Crippen molar-refractivity contribution in [1.29, 1.82) is 0 Å². The molecule has 0 aliphatic carbocycles. The lowest BCUT2D eigenvalue weighted by molar-refractivity contribution is -0.147. The minimum absolute atomic E-state index is 0.0606. The van der Waals surface area contributed by atoms with E-state index in [1.54, 1.807) is 0 Å². The summed E-state index contributed by atoms with van der Waals surface area (Å²) in [6.45, 7) is 6.57. The van der Waals surface area contributed by atoms with Gasteiger partial charge in [-0.1, -0.05) is 0 Å². The van der Waals surface area contributed by atoms with Gasteiger partial charge < -0.3 is 14.4 Å². The molecule has 4 nitrogen and oxygen atoms in total. The van der Waals surface area contributed by atoms with Gasteiger partial charge in [-0.05, 0) is 32.7 Å². The molecule has 0 bridgehead atoms. The third-order valence-corrected chi connectivity index (χ3v) is 3.01. The van der Waals surface area contributed by atoms with E-state index in [1.807, 2.05) is 6.92 Å². The minimum atomic E-state index is -0.0606. The van der Waals surface area contributed by atoms with Crippen LogP contribution in [0.25, 0.3) is 0 Å². The van der Waals surface area contributed by atoms with E-state index in [-0.39, 0.29) is 11.9 Å². The second-order valence-electron chi connectivity index (χ2n) is 4.21. The van der Waals surface area contributed by atoms with Gasteiger partial charge in [0, 0.05) is 26.3 Å². The van der Waals surface area contributed by atoms with Gasteiger partial charge in [0.05, 0.1) is 13.0 Å². The van der Waals surface area contributed by atoms with Gasteiger partial charge in [0.25, 0.3) is 0 Å². The highest BCUT2D eigenvalue weighted by atomic mass is 16.5. The number of nitrogens with zero attached hydrogens (tertiary/aromatic N) is 1. The smallest absolute Gasteiger partial charge is 0.309 e. The van der Waals surface area contributed by atoms with Gasteiger partial charge >= 0.3 is 5.97 Å². The van der Waals surface area contributed by atoms with Gasteiger partial charge in [0.1, 0.15) is 0 Å². The number of hydrogen-bond acceptors (Lipinski definition) is 4. The van der Waals surface area contributed by atoms with E-state index in [1.165, 1.54) is 7.11 Å². The van der Waals surface area contributed by atoms with Crippen molar-refractivity contribution in [3.63, 3.8) is 0 Å². The fourth-order valence-electron chi connectivity index (χ4n) is 2.15. The van der Waals surface area contributed by atoms with E-state index in [2.05, 4.69) is 4.90 Å². The lowest BCUT2D eigenvalue weighted by atomic mass is 9.98. The Morgan fingerprint density at radius 3 is 3.00 bits per heavy atom. The summed E-state index contributed by atoms with van der Waals surface area (Å²) in [5.74, 6) is 0.0142. The van der Waals surface area contributed by atoms with Crippen LogP contribution in [-0.4, -0.2) is 50.8 Å². The molecular formula is C12H23NO3. The maximum Gasteiger partial charge on any atom is 0.309 e. The van der Waals surface area contributed by atoms with E-state index in [9.17, 15) is 4.79 Å². The van der Waals surface area contributed by atoms with Crippen molar-refractivity contribution in [1.82, 2.24) is 4.90 Å². The van der Waals surface area contributed by atoms with Crippen LogP contribution in [-0.2, 0) is 14.3 Å². The van der Waals surface area contributed by atoms with Crippen LogP contribution in [0, 0.1) is 5.92 Å². The molecule has 16 heavy (non-hydrogen) atoms. The number of carbonyl (C=O) groups is 1. The first-order valence-corrected chi connectivity index (χ1v) is 6.15. The molecule has 1 atom stereocenters. The van der Waals surface area contributed by atoms with E-state index < -0.39 is 0 Å². The van der Waals surface area contributed by atoms with Crippen LogP contribution in [0.15, 0.2) is 0 Å². The van der Waals surface area contributed by atoms with Gasteiger partial charge in [0.2, 0.25) is 0 Å². The van der Waals surface area contributed by atoms with Crippen LogP contribution >= 0.6 is 0 Å². The van der Waals surface area contributed by atoms with Gasteiger partial charge in [-0.25, -0.2) is 0 Å². The minimum Gasteiger partial charge on any atom is -0.469 e. The normalized spacial score (nSPS) is 22.0. The summed E-state index contributed by atoms with van der Waals surface area (Å²) in [6.07, 6.45) is 3.10. The van der Waals surface area contributed by atoms with Crippen molar-refractivity contribution in [2.75, 3.05) is 40.0 Å². The Balaban J connectivity index is 2.20. The second kappa shape index (κ2) is 7.63. The number of esters is 1. The molecule has 1 aliphatic rings. The molecule has 0 aromatic heterocycles. The van der Waals surface area contributed by atoms with Gasteiger partial charge in [-0.15, -0.1) is 0 Å². The van der Waals surface area contributed by atoms with Crippen molar-refractivity contribution < 1.29 is 14.3 Å². The van der Waals surface area contributed by atoms with Gasteiger partial charge in [-0.3, -0.25) is 4.79 Å². The summed E-state index contributed by atoms with van der Waals surface area (Å²) < 4.78 is 10.1. The highest BCUT2D eigenvalue weighted by molar-refractivity contribution is 5.72. The number of rotatable bonds is 6. The van der Waals surface area contributed by atoms with Crippen LogP contribution < -0.4 is 0 Å². The number of carbonyl (C=O) groups excluding carboxylic acids is 1. The predicted molar refractivity (Wildman–Crippen MR) is 62.3 cm³/mol. The maximum absolute atomic E-state index is 11.4. The van der Waals surface area contributed by atoms with Crippen LogP contribution in [0.3, 0.4) is 0 Å². The zero-order valence-electron chi connectivity index (χ0n) is 10.4. The van der Waals surface area contributed by atoms with Crippen molar-refractivity contribution >= 4 is 5.97 Å². The van der Waals surface area contributed by atoms with Crippen molar-refractivity contribution in [2.24, 2.45) is 5.92 Å². The topological polar surface area (TPSA) is 38.8 Å². The van der Waals surface area contributed by atoms with Crippen LogP contribution in [0.4, 0.5) is 0 Å². The Kier molecular flexibility index (Phi) is 6.42. The van der Waals surface area contributed by atoms with E-state index >= 15 is 0 Å². The summed E-state index contributed by atoms with van der Waals surface area (Å²) in [6, 6.07) is 0. The first-order valence-electron chi connectivity index (χ1n) is 6.15. The van der Waals surface area contributed by atoms with E-state index in [4.69, 9.17) is 9.47 Å². The standard InChI is InChI=1S/C12H23NO3/c1-3-16-9-5-8-13-7-4-6-11(10-13)12(14)15-2/h11H,3-10H2,1-2H3/t11-/m0/s1. The lowest BCUT2D eigenvalue weighted by Gasteiger charge is -2.31. The van der Waals surface area contributed by atoms with E-state index in [0.717, 1.165) is 52.1 Å². The molecular weight excluding hydrogens is 206 g/mol. The fourth-order valence-corrected chi connectivity index (χ4v) is 2.15. The molecule has 0 saturated carbocycles. The molecule has 0 aromatic rings. The Morgan fingerprint density at radius 1 is 1.50 bits per heavy atom. The largest absolute Gasteiger partial charge is 0.469 e. The van der Waals surface area contributed by atoms with Crippen molar-refractivity contribution in [3.8, 4) is 0 Å². The summed E-state index contributed by atoms with van der Waals surface area (Å²) in [4.78, 5) is 13.8. The molecule has 1 fully saturated rings. The fraction of sp³-hybridized carbons (Fsp3) is 0.917. The Bertz CT molecular complexity index is 208. The molecule has 0 N–H and O–H groups in total. The van der Waals surface area contributed by atoms with Gasteiger partial charge in [0.15, 0.2) is 0 Å². The number of ether oxygens (including phenoxy) is 2. The summed E-state index contributed by atoms with van der Waals surface area (Å²) in [5.41, 5.74) is 0. The Hall–Kier alpha value is -0.610. The molecule has 0 spiro atoms. The molecule has 0 radical (unpaired) electrons. The predicted octanol–water partition coefficient (Wildman–Crippen LogP) is 1.30. The first-order chi connectivity index (χ1) is 7.77.